The van der Waals surface area contributed by atoms with Gasteiger partial charge in [0, 0.05) is 5.39 Å². The van der Waals surface area contributed by atoms with E-state index in [1.807, 2.05) is 0 Å². The van der Waals surface area contributed by atoms with Gasteiger partial charge in [-0.05, 0) is 6.07 Å². The first-order valence-corrected chi connectivity index (χ1v) is 4.85. The van der Waals surface area contributed by atoms with E-state index in [1.165, 1.54) is 0 Å². The minimum Gasteiger partial charge on any atom is -0.478 e. The molecule has 0 atom stereocenters. The van der Waals surface area contributed by atoms with Crippen molar-refractivity contribution < 1.29 is 18.7 Å². The molecule has 17 heavy (non-hydrogen) atoms. The van der Waals surface area contributed by atoms with E-state index in [0.717, 1.165) is 6.26 Å². The average Bonchev–Trinajstić information content (AvgIpc) is 2.69. The summed E-state index contributed by atoms with van der Waals surface area (Å²) in [4.78, 5) is 22.5. The molecule has 0 spiro atoms. The highest BCUT2D eigenvalue weighted by molar-refractivity contribution is 6.13. The number of hydrogen-bond donors (Lipinski definition) is 1. The fourth-order valence-corrected chi connectivity index (χ4v) is 1.84. The Labute approximate surface area is 93.9 Å². The quantitative estimate of drug-likeness (QED) is 0.693. The van der Waals surface area contributed by atoms with Gasteiger partial charge in [-0.2, -0.15) is 0 Å². The molecule has 0 bridgehead atoms. The molecule has 0 unspecified atom stereocenters. The average molecular weight is 230 g/mol. The van der Waals surface area contributed by atoms with Crippen LogP contribution in [0.3, 0.4) is 0 Å². The maximum absolute atomic E-state index is 11.5. The molecule has 2 heterocycles. The lowest BCUT2D eigenvalue weighted by atomic mass is 10.1. The molecule has 0 amide bonds. The smallest absolute Gasteiger partial charge is 0.379 e. The number of furan rings is 1. The Hall–Kier alpha value is -2.56. The van der Waals surface area contributed by atoms with Gasteiger partial charge < -0.3 is 13.9 Å². The Morgan fingerprint density at radius 1 is 1.24 bits per heavy atom. The van der Waals surface area contributed by atoms with Crippen LogP contribution >= 0.6 is 0 Å². The molecular weight excluding hydrogens is 224 g/mol. The van der Waals surface area contributed by atoms with Gasteiger partial charge in [-0.25, -0.2) is 9.59 Å². The molecule has 0 saturated carbocycles. The van der Waals surface area contributed by atoms with Gasteiger partial charge in [0.2, 0.25) is 5.58 Å². The molecule has 0 aliphatic heterocycles. The van der Waals surface area contributed by atoms with Gasteiger partial charge in [0.15, 0.2) is 0 Å². The number of rotatable bonds is 1. The second kappa shape index (κ2) is 3.21. The number of benzene rings is 1. The SMILES string of the molecule is O=C(O)c1coc(=O)c2oc3ccccc3c12. The second-order valence-corrected chi connectivity index (χ2v) is 3.54. The zero-order valence-electron chi connectivity index (χ0n) is 8.47. The van der Waals surface area contributed by atoms with Crippen molar-refractivity contribution in [3.8, 4) is 0 Å². The van der Waals surface area contributed by atoms with Crippen LogP contribution in [0.4, 0.5) is 0 Å². The van der Waals surface area contributed by atoms with Gasteiger partial charge in [-0.3, -0.25) is 0 Å². The lowest BCUT2D eigenvalue weighted by Gasteiger charge is -1.94. The van der Waals surface area contributed by atoms with E-state index < -0.39 is 11.6 Å². The van der Waals surface area contributed by atoms with Crippen molar-refractivity contribution in [2.24, 2.45) is 0 Å². The monoisotopic (exact) mass is 230 g/mol. The molecule has 1 aromatic carbocycles. The van der Waals surface area contributed by atoms with Crippen molar-refractivity contribution in [3.05, 3.63) is 46.5 Å². The van der Waals surface area contributed by atoms with Crippen LogP contribution in [0, 0.1) is 0 Å². The molecule has 0 radical (unpaired) electrons. The molecule has 3 aromatic rings. The number of fused-ring (bicyclic) bond motifs is 3. The summed E-state index contributed by atoms with van der Waals surface area (Å²) in [5.41, 5.74) is -0.361. The van der Waals surface area contributed by atoms with E-state index in [9.17, 15) is 9.59 Å². The molecule has 5 nitrogen and oxygen atoms in total. The van der Waals surface area contributed by atoms with Crippen LogP contribution in [0.15, 0.2) is 44.2 Å². The second-order valence-electron chi connectivity index (χ2n) is 3.54. The standard InChI is InChI=1S/C12H6O5/c13-11(14)7-5-16-12(15)10-9(7)6-3-1-2-4-8(6)17-10/h1-5H,(H,13,14). The van der Waals surface area contributed by atoms with Gasteiger partial charge in [-0.15, -0.1) is 0 Å². The maximum atomic E-state index is 11.5. The number of carbonyl (C=O) groups is 1. The molecule has 1 N–H and O–H groups in total. The minimum atomic E-state index is -1.16. The Morgan fingerprint density at radius 3 is 2.76 bits per heavy atom. The summed E-state index contributed by atoms with van der Waals surface area (Å²) in [7, 11) is 0. The molecule has 0 saturated heterocycles. The summed E-state index contributed by atoms with van der Waals surface area (Å²) in [5, 5.41) is 9.92. The topological polar surface area (TPSA) is 80.6 Å². The third kappa shape index (κ3) is 1.25. The first-order chi connectivity index (χ1) is 8.18. The Bertz CT molecular complexity index is 793. The van der Waals surface area contributed by atoms with E-state index in [1.54, 1.807) is 24.3 Å². The Kier molecular flexibility index (Phi) is 1.82. The van der Waals surface area contributed by atoms with Crippen LogP contribution in [-0.4, -0.2) is 11.1 Å². The van der Waals surface area contributed by atoms with E-state index in [2.05, 4.69) is 4.42 Å². The highest BCUT2D eigenvalue weighted by Crippen LogP contribution is 2.28. The van der Waals surface area contributed by atoms with Gasteiger partial charge in [0.05, 0.1) is 5.39 Å². The number of carboxylic acid groups (broad SMARTS) is 1. The molecular formula is C12H6O5. The predicted molar refractivity (Wildman–Crippen MR) is 59.2 cm³/mol. The van der Waals surface area contributed by atoms with Crippen LogP contribution in [0.2, 0.25) is 0 Å². The summed E-state index contributed by atoms with van der Waals surface area (Å²) in [5.74, 6) is -1.16. The Morgan fingerprint density at radius 2 is 2.00 bits per heavy atom. The van der Waals surface area contributed by atoms with E-state index >= 15 is 0 Å². The molecule has 2 aromatic heterocycles. The molecule has 0 fully saturated rings. The number of hydrogen-bond acceptors (Lipinski definition) is 4. The van der Waals surface area contributed by atoms with E-state index in [4.69, 9.17) is 9.52 Å². The zero-order chi connectivity index (χ0) is 12.0. The maximum Gasteiger partial charge on any atom is 0.379 e. The third-order valence-corrected chi connectivity index (χ3v) is 2.56. The van der Waals surface area contributed by atoms with Crippen LogP contribution < -0.4 is 5.63 Å². The van der Waals surface area contributed by atoms with Gasteiger partial charge in [-0.1, -0.05) is 18.2 Å². The summed E-state index contributed by atoms with van der Waals surface area (Å²) in [6, 6.07) is 6.86. The van der Waals surface area contributed by atoms with Crippen LogP contribution in [0.5, 0.6) is 0 Å². The number of carboxylic acids is 1. The summed E-state index contributed by atoms with van der Waals surface area (Å²) in [6.07, 6.45) is 0.939. The highest BCUT2D eigenvalue weighted by atomic mass is 16.4. The third-order valence-electron chi connectivity index (χ3n) is 2.56. The first kappa shape index (κ1) is 9.65. The van der Waals surface area contributed by atoms with Crippen molar-refractivity contribution in [3.63, 3.8) is 0 Å². The van der Waals surface area contributed by atoms with Crippen LogP contribution in [0.1, 0.15) is 10.4 Å². The molecule has 5 heteroatoms. The van der Waals surface area contributed by atoms with Crippen molar-refractivity contribution in [1.29, 1.82) is 0 Å². The number of para-hydroxylation sites is 1. The summed E-state index contributed by atoms with van der Waals surface area (Å²) >= 11 is 0. The van der Waals surface area contributed by atoms with Gasteiger partial charge in [0.25, 0.3) is 0 Å². The van der Waals surface area contributed by atoms with Gasteiger partial charge >= 0.3 is 11.6 Å². The largest absolute Gasteiger partial charge is 0.478 e. The minimum absolute atomic E-state index is 0.0638. The summed E-state index contributed by atoms with van der Waals surface area (Å²) < 4.78 is 9.94. The van der Waals surface area contributed by atoms with Crippen molar-refractivity contribution in [1.82, 2.24) is 0 Å². The van der Waals surface area contributed by atoms with E-state index in [0.29, 0.717) is 11.0 Å². The molecule has 0 aliphatic carbocycles. The van der Waals surface area contributed by atoms with Crippen molar-refractivity contribution in [2.45, 2.75) is 0 Å². The van der Waals surface area contributed by atoms with Crippen LogP contribution in [0.25, 0.3) is 21.9 Å². The van der Waals surface area contributed by atoms with Crippen LogP contribution in [-0.2, 0) is 0 Å². The molecule has 84 valence electrons. The normalized spacial score (nSPS) is 11.1. The zero-order valence-corrected chi connectivity index (χ0v) is 8.47. The molecule has 0 aliphatic rings. The molecule has 3 rings (SSSR count). The summed E-state index contributed by atoms with van der Waals surface area (Å²) in [6.45, 7) is 0. The Balaban J connectivity index is 2.65. The highest BCUT2D eigenvalue weighted by Gasteiger charge is 2.18. The lowest BCUT2D eigenvalue weighted by Crippen LogP contribution is -2.03. The van der Waals surface area contributed by atoms with Gasteiger partial charge in [0.1, 0.15) is 17.4 Å². The van der Waals surface area contributed by atoms with E-state index in [-0.39, 0.29) is 16.5 Å². The lowest BCUT2D eigenvalue weighted by molar-refractivity contribution is 0.0696. The van der Waals surface area contributed by atoms with Crippen molar-refractivity contribution in [2.75, 3.05) is 0 Å². The fourth-order valence-electron chi connectivity index (χ4n) is 1.84. The first-order valence-electron chi connectivity index (χ1n) is 4.85. The number of aromatic carboxylic acids is 1. The fraction of sp³-hybridized carbons (Fsp3) is 0. The van der Waals surface area contributed by atoms with Crippen molar-refractivity contribution >= 4 is 27.9 Å². The predicted octanol–water partition coefficient (Wildman–Crippen LogP) is 2.24.